The maximum atomic E-state index is 3.56. The van der Waals surface area contributed by atoms with Crippen molar-refractivity contribution in [2.75, 3.05) is 26.2 Å². The minimum absolute atomic E-state index is 0.281. The maximum absolute atomic E-state index is 3.56. The van der Waals surface area contributed by atoms with E-state index in [9.17, 15) is 0 Å². The monoisotopic (exact) mass is 254 g/mol. The van der Waals surface area contributed by atoms with Gasteiger partial charge < -0.3 is 10.2 Å². The molecule has 0 amide bonds. The smallest absolute Gasteiger partial charge is 0.00965 e. The molecule has 2 nitrogen and oxygen atoms in total. The maximum Gasteiger partial charge on any atom is 0.00965 e. The molecular weight excluding hydrogens is 220 g/mol. The van der Waals surface area contributed by atoms with E-state index < -0.39 is 0 Å². The molecule has 1 N–H and O–H groups in total. The standard InChI is InChI=1S/C16H34N2/c1-5-18(14-15-10-11-15)13-9-7-6-8-12-17-16(2,3)4/h15,17H,5-14H2,1-4H3. The third-order valence-electron chi connectivity index (χ3n) is 3.72. The van der Waals surface area contributed by atoms with Gasteiger partial charge in [0.15, 0.2) is 0 Å². The zero-order chi connectivity index (χ0) is 13.4. The van der Waals surface area contributed by atoms with E-state index in [1.807, 2.05) is 0 Å². The zero-order valence-electron chi connectivity index (χ0n) is 13.1. The Balaban J connectivity index is 1.87. The van der Waals surface area contributed by atoms with Crippen molar-refractivity contribution in [3.63, 3.8) is 0 Å². The number of nitrogens with one attached hydrogen (secondary N) is 1. The molecule has 0 spiro atoms. The van der Waals surface area contributed by atoms with Crippen LogP contribution < -0.4 is 5.32 Å². The van der Waals surface area contributed by atoms with E-state index >= 15 is 0 Å². The normalized spacial score (nSPS) is 16.5. The summed E-state index contributed by atoms with van der Waals surface area (Å²) in [6.45, 7) is 14.1. The summed E-state index contributed by atoms with van der Waals surface area (Å²) in [5.74, 6) is 1.04. The fraction of sp³-hybridized carbons (Fsp3) is 1.00. The first-order valence-corrected chi connectivity index (χ1v) is 7.98. The fourth-order valence-electron chi connectivity index (χ4n) is 2.32. The van der Waals surface area contributed by atoms with Crippen molar-refractivity contribution in [3.8, 4) is 0 Å². The van der Waals surface area contributed by atoms with Crippen molar-refractivity contribution >= 4 is 0 Å². The minimum atomic E-state index is 0.281. The van der Waals surface area contributed by atoms with Gasteiger partial charge in [-0.15, -0.1) is 0 Å². The van der Waals surface area contributed by atoms with Gasteiger partial charge >= 0.3 is 0 Å². The van der Waals surface area contributed by atoms with Crippen molar-refractivity contribution in [2.24, 2.45) is 5.92 Å². The third kappa shape index (κ3) is 8.93. The van der Waals surface area contributed by atoms with E-state index in [4.69, 9.17) is 0 Å². The van der Waals surface area contributed by atoms with Gasteiger partial charge in [-0.05, 0) is 72.0 Å². The van der Waals surface area contributed by atoms with Crippen molar-refractivity contribution in [1.29, 1.82) is 0 Å². The summed E-state index contributed by atoms with van der Waals surface area (Å²) in [5.41, 5.74) is 0.281. The third-order valence-corrected chi connectivity index (χ3v) is 3.72. The van der Waals surface area contributed by atoms with Gasteiger partial charge in [0.2, 0.25) is 0 Å². The molecule has 18 heavy (non-hydrogen) atoms. The second-order valence-electron chi connectivity index (χ2n) is 6.93. The number of rotatable bonds is 10. The Morgan fingerprint density at radius 2 is 1.72 bits per heavy atom. The van der Waals surface area contributed by atoms with Gasteiger partial charge in [0.1, 0.15) is 0 Å². The first-order chi connectivity index (χ1) is 8.51. The molecule has 0 heterocycles. The number of hydrogen-bond acceptors (Lipinski definition) is 2. The van der Waals surface area contributed by atoms with E-state index in [-0.39, 0.29) is 5.54 Å². The van der Waals surface area contributed by atoms with Gasteiger partial charge in [-0.2, -0.15) is 0 Å². The Bertz CT molecular complexity index is 204. The number of hydrogen-bond donors (Lipinski definition) is 1. The summed E-state index contributed by atoms with van der Waals surface area (Å²) in [4.78, 5) is 2.64. The summed E-state index contributed by atoms with van der Waals surface area (Å²) in [6.07, 6.45) is 8.45. The van der Waals surface area contributed by atoms with Crippen LogP contribution in [-0.4, -0.2) is 36.6 Å². The van der Waals surface area contributed by atoms with E-state index in [0.29, 0.717) is 0 Å². The molecule has 1 fully saturated rings. The van der Waals surface area contributed by atoms with Crippen molar-refractivity contribution in [3.05, 3.63) is 0 Å². The Kier molecular flexibility index (Phi) is 7.25. The van der Waals surface area contributed by atoms with Gasteiger partial charge in [-0.25, -0.2) is 0 Å². The van der Waals surface area contributed by atoms with Crippen LogP contribution in [0.1, 0.15) is 66.2 Å². The second kappa shape index (κ2) is 8.16. The molecule has 0 aromatic rings. The van der Waals surface area contributed by atoms with E-state index in [1.54, 1.807) is 0 Å². The summed E-state index contributed by atoms with van der Waals surface area (Å²) in [5, 5.41) is 3.56. The minimum Gasteiger partial charge on any atom is -0.312 e. The molecule has 0 aliphatic heterocycles. The lowest BCUT2D eigenvalue weighted by atomic mass is 10.1. The lowest BCUT2D eigenvalue weighted by Crippen LogP contribution is -2.36. The predicted octanol–water partition coefficient (Wildman–Crippen LogP) is 3.67. The first-order valence-electron chi connectivity index (χ1n) is 7.98. The average molecular weight is 254 g/mol. The molecule has 1 aliphatic rings. The van der Waals surface area contributed by atoms with Gasteiger partial charge in [-0.3, -0.25) is 0 Å². The van der Waals surface area contributed by atoms with Crippen molar-refractivity contribution in [1.82, 2.24) is 10.2 Å². The highest BCUT2D eigenvalue weighted by Gasteiger charge is 2.23. The quantitative estimate of drug-likeness (QED) is 0.598. The summed E-state index contributed by atoms with van der Waals surface area (Å²) in [7, 11) is 0. The van der Waals surface area contributed by atoms with Crippen LogP contribution in [0.5, 0.6) is 0 Å². The number of nitrogens with zero attached hydrogens (tertiary/aromatic N) is 1. The molecule has 0 radical (unpaired) electrons. The topological polar surface area (TPSA) is 15.3 Å². The molecule has 1 aliphatic carbocycles. The van der Waals surface area contributed by atoms with Crippen LogP contribution in [0.2, 0.25) is 0 Å². The highest BCUT2D eigenvalue weighted by atomic mass is 15.1. The highest BCUT2D eigenvalue weighted by Crippen LogP contribution is 2.29. The molecule has 0 bridgehead atoms. The molecule has 0 aromatic carbocycles. The zero-order valence-corrected chi connectivity index (χ0v) is 13.1. The molecule has 0 unspecified atom stereocenters. The predicted molar refractivity (Wildman–Crippen MR) is 81.1 cm³/mol. The highest BCUT2D eigenvalue weighted by molar-refractivity contribution is 4.76. The SMILES string of the molecule is CCN(CCCCCCNC(C)(C)C)CC1CC1. The molecule has 2 heteroatoms. The van der Waals surface area contributed by atoms with Crippen LogP contribution in [0.15, 0.2) is 0 Å². The van der Waals surface area contributed by atoms with Crippen LogP contribution in [-0.2, 0) is 0 Å². The van der Waals surface area contributed by atoms with Gasteiger partial charge in [0, 0.05) is 12.1 Å². The van der Waals surface area contributed by atoms with Gasteiger partial charge in [0.25, 0.3) is 0 Å². The molecular formula is C16H34N2. The fourth-order valence-corrected chi connectivity index (χ4v) is 2.32. The Morgan fingerprint density at radius 3 is 2.28 bits per heavy atom. The second-order valence-corrected chi connectivity index (χ2v) is 6.93. The summed E-state index contributed by atoms with van der Waals surface area (Å²) >= 11 is 0. The van der Waals surface area contributed by atoms with Crippen molar-refractivity contribution in [2.45, 2.75) is 71.8 Å². The molecule has 108 valence electrons. The van der Waals surface area contributed by atoms with Gasteiger partial charge in [-0.1, -0.05) is 19.8 Å². The van der Waals surface area contributed by atoms with Crippen LogP contribution in [0.25, 0.3) is 0 Å². The summed E-state index contributed by atoms with van der Waals surface area (Å²) < 4.78 is 0. The van der Waals surface area contributed by atoms with Crippen LogP contribution in [0, 0.1) is 5.92 Å². The lowest BCUT2D eigenvalue weighted by Gasteiger charge is -2.21. The number of unbranched alkanes of at least 4 members (excludes halogenated alkanes) is 3. The van der Waals surface area contributed by atoms with Crippen LogP contribution in [0.4, 0.5) is 0 Å². The lowest BCUT2D eigenvalue weighted by molar-refractivity contribution is 0.269. The van der Waals surface area contributed by atoms with E-state index in [1.165, 1.54) is 64.7 Å². The Labute approximate surface area is 115 Å². The molecule has 1 rings (SSSR count). The molecule has 0 aromatic heterocycles. The van der Waals surface area contributed by atoms with E-state index in [2.05, 4.69) is 37.9 Å². The average Bonchev–Trinajstić information content (AvgIpc) is 3.08. The van der Waals surface area contributed by atoms with E-state index in [0.717, 1.165) is 5.92 Å². The van der Waals surface area contributed by atoms with Crippen LogP contribution in [0.3, 0.4) is 0 Å². The van der Waals surface area contributed by atoms with Crippen molar-refractivity contribution < 1.29 is 0 Å². The summed E-state index contributed by atoms with van der Waals surface area (Å²) in [6, 6.07) is 0. The Morgan fingerprint density at radius 1 is 1.06 bits per heavy atom. The van der Waals surface area contributed by atoms with Gasteiger partial charge in [0.05, 0.1) is 0 Å². The Hall–Kier alpha value is -0.0800. The molecule has 0 saturated heterocycles. The largest absolute Gasteiger partial charge is 0.312 e. The van der Waals surface area contributed by atoms with Crippen LogP contribution >= 0.6 is 0 Å². The molecule has 0 atom stereocenters. The molecule has 1 saturated carbocycles. The first kappa shape index (κ1) is 16.0.